The lowest BCUT2D eigenvalue weighted by Crippen LogP contribution is -2.14. The first kappa shape index (κ1) is 10.4. The topological polar surface area (TPSA) is 51.2 Å². The minimum atomic E-state index is -3.17. The fourth-order valence-electron chi connectivity index (χ4n) is 1.82. The second kappa shape index (κ2) is 3.45. The van der Waals surface area contributed by atoms with Gasteiger partial charge < -0.3 is 0 Å². The maximum atomic E-state index is 11.3. The molecular formula is C11H12O3S. The molecule has 0 atom stereocenters. The highest BCUT2D eigenvalue weighted by molar-refractivity contribution is 7.90. The van der Waals surface area contributed by atoms with Gasteiger partial charge in [0.15, 0.2) is 9.84 Å². The molecule has 1 aliphatic carbocycles. The lowest BCUT2D eigenvalue weighted by atomic mass is 9.91. The molecule has 0 spiro atoms. The molecular weight excluding hydrogens is 212 g/mol. The molecule has 0 bridgehead atoms. The van der Waals surface area contributed by atoms with E-state index in [9.17, 15) is 13.2 Å². The van der Waals surface area contributed by atoms with Crippen LogP contribution in [0.2, 0.25) is 0 Å². The summed E-state index contributed by atoms with van der Waals surface area (Å²) in [6.45, 7) is 0. The van der Waals surface area contributed by atoms with Crippen molar-refractivity contribution in [1.29, 1.82) is 0 Å². The predicted octanol–water partition coefficient (Wildman–Crippen LogP) is 1.15. The largest absolute Gasteiger partial charge is 0.299 e. The van der Waals surface area contributed by atoms with Crippen molar-refractivity contribution < 1.29 is 13.2 Å². The van der Waals surface area contributed by atoms with E-state index in [2.05, 4.69) is 0 Å². The van der Waals surface area contributed by atoms with Gasteiger partial charge in [0.05, 0.1) is 4.90 Å². The Labute approximate surface area is 89.0 Å². The maximum absolute atomic E-state index is 11.3. The average molecular weight is 224 g/mol. The molecule has 0 N–H and O–H groups in total. The summed E-state index contributed by atoms with van der Waals surface area (Å²) in [6, 6.07) is 5.06. The fraction of sp³-hybridized carbons (Fsp3) is 0.364. The molecule has 0 unspecified atom stereocenters. The minimum Gasteiger partial charge on any atom is -0.299 e. The number of Topliss-reactive ketones (excluding diaryl/α,β-unsaturated/α-hetero) is 1. The first-order chi connectivity index (χ1) is 6.97. The van der Waals surface area contributed by atoms with Crippen molar-refractivity contribution in [2.45, 2.75) is 24.2 Å². The second-order valence-electron chi connectivity index (χ2n) is 3.92. The van der Waals surface area contributed by atoms with Gasteiger partial charge in [-0.1, -0.05) is 6.07 Å². The highest BCUT2D eigenvalue weighted by Gasteiger charge is 2.17. The first-order valence-corrected chi connectivity index (χ1v) is 6.69. The second-order valence-corrected chi connectivity index (χ2v) is 5.93. The molecule has 1 aromatic rings. The van der Waals surface area contributed by atoms with Gasteiger partial charge >= 0.3 is 0 Å². The van der Waals surface area contributed by atoms with Crippen molar-refractivity contribution in [2.24, 2.45) is 0 Å². The van der Waals surface area contributed by atoms with Gasteiger partial charge in [0.2, 0.25) is 0 Å². The van der Waals surface area contributed by atoms with Crippen LogP contribution in [0.15, 0.2) is 23.1 Å². The molecule has 0 fully saturated rings. The van der Waals surface area contributed by atoms with Crippen LogP contribution in [0.4, 0.5) is 0 Å². The van der Waals surface area contributed by atoms with E-state index in [1.54, 1.807) is 12.1 Å². The molecule has 3 nitrogen and oxygen atoms in total. The number of hydrogen-bond donors (Lipinski definition) is 0. The Morgan fingerprint density at radius 3 is 2.53 bits per heavy atom. The standard InChI is InChI=1S/C11H12O3S/c1-15(13,14)11-5-3-8-2-4-10(12)6-9(8)7-11/h3,5,7H,2,4,6H2,1H3. The number of aryl methyl sites for hydroxylation is 1. The molecule has 2 rings (SSSR count). The lowest BCUT2D eigenvalue weighted by Gasteiger charge is -2.15. The zero-order valence-corrected chi connectivity index (χ0v) is 9.30. The highest BCUT2D eigenvalue weighted by Crippen LogP contribution is 2.22. The number of benzene rings is 1. The van der Waals surface area contributed by atoms with Crippen LogP contribution >= 0.6 is 0 Å². The van der Waals surface area contributed by atoms with Crippen molar-refractivity contribution in [3.05, 3.63) is 29.3 Å². The number of carbonyl (C=O) groups excluding carboxylic acids is 1. The number of rotatable bonds is 1. The summed E-state index contributed by atoms with van der Waals surface area (Å²) < 4.78 is 22.6. The molecule has 4 heteroatoms. The van der Waals surface area contributed by atoms with Crippen molar-refractivity contribution in [3.63, 3.8) is 0 Å². The van der Waals surface area contributed by atoms with Crippen LogP contribution in [0, 0.1) is 0 Å². The molecule has 1 aliphatic rings. The van der Waals surface area contributed by atoms with Crippen LogP contribution in [-0.4, -0.2) is 20.5 Å². The lowest BCUT2D eigenvalue weighted by molar-refractivity contribution is -0.118. The normalized spacial score (nSPS) is 16.2. The van der Waals surface area contributed by atoms with Gasteiger partial charge in [-0.15, -0.1) is 0 Å². The molecule has 80 valence electrons. The number of sulfone groups is 1. The SMILES string of the molecule is CS(=O)(=O)c1ccc2c(c1)CC(=O)CC2. The number of ketones is 1. The molecule has 1 aromatic carbocycles. The number of fused-ring (bicyclic) bond motifs is 1. The number of carbonyl (C=O) groups is 1. The Kier molecular flexibility index (Phi) is 2.38. The molecule has 0 radical (unpaired) electrons. The van der Waals surface area contributed by atoms with Gasteiger partial charge in [-0.05, 0) is 29.7 Å². The Morgan fingerprint density at radius 2 is 1.87 bits per heavy atom. The summed E-state index contributed by atoms with van der Waals surface area (Å²) in [5.74, 6) is 0.188. The summed E-state index contributed by atoms with van der Waals surface area (Å²) in [6.07, 6.45) is 2.86. The third kappa shape index (κ3) is 2.09. The Bertz CT molecular complexity index is 515. The van der Waals surface area contributed by atoms with Gasteiger partial charge in [0.25, 0.3) is 0 Å². The maximum Gasteiger partial charge on any atom is 0.175 e. The van der Waals surface area contributed by atoms with E-state index in [4.69, 9.17) is 0 Å². The van der Waals surface area contributed by atoms with Crippen molar-refractivity contribution >= 4 is 15.6 Å². The highest BCUT2D eigenvalue weighted by atomic mass is 32.2. The molecule has 0 heterocycles. The van der Waals surface area contributed by atoms with Crippen LogP contribution in [0.5, 0.6) is 0 Å². The van der Waals surface area contributed by atoms with E-state index in [1.807, 2.05) is 6.07 Å². The zero-order chi connectivity index (χ0) is 11.1. The quantitative estimate of drug-likeness (QED) is 0.719. The summed E-state index contributed by atoms with van der Waals surface area (Å²) in [5, 5.41) is 0. The van der Waals surface area contributed by atoms with Gasteiger partial charge in [0.1, 0.15) is 5.78 Å². The van der Waals surface area contributed by atoms with E-state index in [0.29, 0.717) is 17.7 Å². The Balaban J connectivity index is 2.50. The van der Waals surface area contributed by atoms with Crippen molar-refractivity contribution in [2.75, 3.05) is 6.26 Å². The van der Waals surface area contributed by atoms with Crippen molar-refractivity contribution in [3.8, 4) is 0 Å². The van der Waals surface area contributed by atoms with Crippen LogP contribution in [-0.2, 0) is 27.5 Å². The summed E-state index contributed by atoms with van der Waals surface area (Å²) in [4.78, 5) is 11.5. The average Bonchev–Trinajstić information content (AvgIpc) is 2.15. The summed E-state index contributed by atoms with van der Waals surface area (Å²) in [5.41, 5.74) is 1.97. The van der Waals surface area contributed by atoms with E-state index in [-0.39, 0.29) is 5.78 Å². The van der Waals surface area contributed by atoms with Gasteiger partial charge in [-0.3, -0.25) is 4.79 Å². The number of hydrogen-bond acceptors (Lipinski definition) is 3. The Morgan fingerprint density at radius 1 is 1.13 bits per heavy atom. The summed E-state index contributed by atoms with van der Waals surface area (Å²) >= 11 is 0. The molecule has 15 heavy (non-hydrogen) atoms. The van der Waals surface area contributed by atoms with Gasteiger partial charge in [0, 0.05) is 19.1 Å². The van der Waals surface area contributed by atoms with E-state index >= 15 is 0 Å². The molecule has 0 aromatic heterocycles. The third-order valence-electron chi connectivity index (χ3n) is 2.67. The molecule has 0 amide bonds. The van der Waals surface area contributed by atoms with Crippen LogP contribution in [0.1, 0.15) is 17.5 Å². The van der Waals surface area contributed by atoms with Crippen LogP contribution in [0.25, 0.3) is 0 Å². The zero-order valence-electron chi connectivity index (χ0n) is 8.49. The smallest absolute Gasteiger partial charge is 0.175 e. The molecule has 0 aliphatic heterocycles. The Hall–Kier alpha value is -1.16. The van der Waals surface area contributed by atoms with Gasteiger partial charge in [-0.25, -0.2) is 8.42 Å². The fourth-order valence-corrected chi connectivity index (χ4v) is 2.49. The minimum absolute atomic E-state index is 0.188. The van der Waals surface area contributed by atoms with E-state index in [0.717, 1.165) is 17.5 Å². The molecule has 0 saturated carbocycles. The van der Waals surface area contributed by atoms with E-state index in [1.165, 1.54) is 6.26 Å². The summed E-state index contributed by atoms with van der Waals surface area (Å²) in [7, 11) is -3.17. The van der Waals surface area contributed by atoms with Crippen LogP contribution < -0.4 is 0 Å². The van der Waals surface area contributed by atoms with Gasteiger partial charge in [-0.2, -0.15) is 0 Å². The van der Waals surface area contributed by atoms with Crippen LogP contribution in [0.3, 0.4) is 0 Å². The van der Waals surface area contributed by atoms with Crippen molar-refractivity contribution in [1.82, 2.24) is 0 Å². The predicted molar refractivity (Wildman–Crippen MR) is 56.6 cm³/mol. The van der Waals surface area contributed by atoms with E-state index < -0.39 is 9.84 Å². The first-order valence-electron chi connectivity index (χ1n) is 4.80. The monoisotopic (exact) mass is 224 g/mol. The molecule has 0 saturated heterocycles. The third-order valence-corrected chi connectivity index (χ3v) is 3.78.